The number of nitrogens with zero attached hydrogens (tertiary/aromatic N) is 1. The fourth-order valence-electron chi connectivity index (χ4n) is 7.32. The summed E-state index contributed by atoms with van der Waals surface area (Å²) in [4.78, 5) is 25.4. The van der Waals surface area contributed by atoms with Crippen LogP contribution in [-0.2, 0) is 18.4 Å². The van der Waals surface area contributed by atoms with Gasteiger partial charge in [-0.05, 0) is 44.9 Å². The molecular weight excluding hydrogens is 768 g/mol. The van der Waals surface area contributed by atoms with E-state index in [0.29, 0.717) is 17.4 Å². The summed E-state index contributed by atoms with van der Waals surface area (Å²) in [5, 5.41) is 13.8. The Bertz CT molecular complexity index is 1070. The van der Waals surface area contributed by atoms with Gasteiger partial charge in [-0.25, -0.2) is 0 Å². The second kappa shape index (κ2) is 43.0. The van der Waals surface area contributed by atoms with Crippen molar-refractivity contribution in [1.29, 1.82) is 0 Å². The van der Waals surface area contributed by atoms with Gasteiger partial charge in [0.05, 0.1) is 39.9 Å². The number of aliphatic hydroxyl groups excluding tert-OH is 1. The fourth-order valence-corrected chi connectivity index (χ4v) is 8.04. The zero-order valence-electron chi connectivity index (χ0n) is 40.2. The molecule has 8 nitrogen and oxygen atoms in total. The Kier molecular flexibility index (Phi) is 42.1. The molecular formula is C51H99N2O6P. The molecule has 0 radical (unpaired) electrons. The highest BCUT2D eigenvalue weighted by molar-refractivity contribution is 7.45. The summed E-state index contributed by atoms with van der Waals surface area (Å²) in [6.07, 6.45) is 53.3. The van der Waals surface area contributed by atoms with E-state index >= 15 is 0 Å². The Morgan fingerprint density at radius 2 is 0.950 bits per heavy atom. The van der Waals surface area contributed by atoms with Crippen molar-refractivity contribution in [2.75, 3.05) is 40.9 Å². The van der Waals surface area contributed by atoms with Gasteiger partial charge in [0.1, 0.15) is 13.2 Å². The molecule has 0 aliphatic heterocycles. The average molecular weight is 867 g/mol. The van der Waals surface area contributed by atoms with Crippen LogP contribution in [0.25, 0.3) is 0 Å². The number of aliphatic hydroxyl groups is 1. The molecule has 0 saturated carbocycles. The van der Waals surface area contributed by atoms with E-state index in [4.69, 9.17) is 9.05 Å². The highest BCUT2D eigenvalue weighted by Crippen LogP contribution is 2.38. The first-order valence-corrected chi connectivity index (χ1v) is 26.8. The van der Waals surface area contributed by atoms with Crippen LogP contribution in [0, 0.1) is 0 Å². The molecule has 0 spiro atoms. The summed E-state index contributed by atoms with van der Waals surface area (Å²) in [6, 6.07) is -0.887. The molecule has 9 heteroatoms. The minimum Gasteiger partial charge on any atom is -0.756 e. The zero-order chi connectivity index (χ0) is 44.3. The third-order valence-corrected chi connectivity index (χ3v) is 12.3. The standard InChI is InChI=1S/C51H99N2O6P/c1-6-8-10-12-14-16-18-20-22-24-26-28-30-32-34-36-38-40-42-44-50(54)49(48-59-60(56,57)58-47-46-53(3,4)5)52-51(55)45-43-41-39-37-35-33-31-29-27-25-23-21-19-17-15-13-11-9-7-2/h15,17,19,21,42,44,49-50,54H,6-14,16,18,20,22-41,43,45-48H2,1-5H3,(H-,52,55,56,57)/b17-15-,21-19-,44-42+. The number of carbonyl (C=O) groups excluding carboxylic acids is 1. The molecule has 0 aliphatic rings. The first-order chi connectivity index (χ1) is 29.0. The Morgan fingerprint density at radius 3 is 1.38 bits per heavy atom. The lowest BCUT2D eigenvalue weighted by Crippen LogP contribution is -2.45. The van der Waals surface area contributed by atoms with Crippen LogP contribution in [0.15, 0.2) is 36.5 Å². The summed E-state index contributed by atoms with van der Waals surface area (Å²) >= 11 is 0. The Morgan fingerprint density at radius 1 is 0.583 bits per heavy atom. The molecule has 0 aliphatic carbocycles. The van der Waals surface area contributed by atoms with E-state index in [1.54, 1.807) is 6.08 Å². The number of quaternary nitrogens is 1. The Hall–Kier alpha value is -1.28. The van der Waals surface area contributed by atoms with Crippen LogP contribution in [0.5, 0.6) is 0 Å². The van der Waals surface area contributed by atoms with Crippen molar-refractivity contribution in [3.63, 3.8) is 0 Å². The zero-order valence-corrected chi connectivity index (χ0v) is 41.1. The summed E-state index contributed by atoms with van der Waals surface area (Å²) in [5.41, 5.74) is 0. The van der Waals surface area contributed by atoms with Crippen molar-refractivity contribution in [1.82, 2.24) is 5.32 Å². The predicted molar refractivity (Wildman–Crippen MR) is 256 cm³/mol. The Labute approximate surface area is 372 Å². The van der Waals surface area contributed by atoms with Gasteiger partial charge in [0, 0.05) is 6.42 Å². The number of phosphoric acid groups is 1. The van der Waals surface area contributed by atoms with Crippen LogP contribution in [0.3, 0.4) is 0 Å². The minimum absolute atomic E-state index is 0.00148. The SMILES string of the molecule is CCCCC/C=C\C=C/CCCCCCCCCCCCC(=O)NC(COP(=O)([O-])OCC[N+](C)(C)C)C(O)/C=C/CCCCCCCCCCCCCCCCCCC. The summed E-state index contributed by atoms with van der Waals surface area (Å²) in [7, 11) is 1.26. The molecule has 0 rings (SSSR count). The van der Waals surface area contributed by atoms with Gasteiger partial charge < -0.3 is 28.8 Å². The second-order valence-electron chi connectivity index (χ2n) is 18.6. The van der Waals surface area contributed by atoms with E-state index in [2.05, 4.69) is 43.5 Å². The third kappa shape index (κ3) is 44.8. The molecule has 0 aromatic heterocycles. The third-order valence-electron chi connectivity index (χ3n) is 11.4. The van der Waals surface area contributed by atoms with E-state index in [9.17, 15) is 19.4 Å². The van der Waals surface area contributed by atoms with Gasteiger partial charge in [-0.15, -0.1) is 0 Å². The van der Waals surface area contributed by atoms with Gasteiger partial charge >= 0.3 is 0 Å². The smallest absolute Gasteiger partial charge is 0.268 e. The quantitative estimate of drug-likeness (QED) is 0.0207. The van der Waals surface area contributed by atoms with Crippen LogP contribution in [0.4, 0.5) is 0 Å². The lowest BCUT2D eigenvalue weighted by Gasteiger charge is -2.29. The first-order valence-electron chi connectivity index (χ1n) is 25.4. The summed E-state index contributed by atoms with van der Waals surface area (Å²) in [6.45, 7) is 4.63. The van der Waals surface area contributed by atoms with Crippen molar-refractivity contribution in [3.05, 3.63) is 36.5 Å². The number of hydrogen-bond acceptors (Lipinski definition) is 6. The van der Waals surface area contributed by atoms with Crippen LogP contribution in [0.1, 0.15) is 232 Å². The normalized spacial score (nSPS) is 14.4. The van der Waals surface area contributed by atoms with Crippen molar-refractivity contribution in [3.8, 4) is 0 Å². The number of unbranched alkanes of at least 4 members (excludes halogenated alkanes) is 30. The largest absolute Gasteiger partial charge is 0.756 e. The predicted octanol–water partition coefficient (Wildman–Crippen LogP) is 14.0. The van der Waals surface area contributed by atoms with Gasteiger partial charge in [0.25, 0.3) is 7.82 Å². The summed E-state index contributed by atoms with van der Waals surface area (Å²) < 4.78 is 23.3. The molecule has 1 amide bonds. The van der Waals surface area contributed by atoms with Crippen molar-refractivity contribution in [2.24, 2.45) is 0 Å². The number of nitrogens with one attached hydrogen (secondary N) is 1. The molecule has 0 saturated heterocycles. The number of allylic oxidation sites excluding steroid dienone is 5. The number of phosphoric ester groups is 1. The first kappa shape index (κ1) is 58.7. The molecule has 0 aromatic carbocycles. The maximum absolute atomic E-state index is 12.9. The average Bonchev–Trinajstić information content (AvgIpc) is 3.20. The fraction of sp³-hybridized carbons (Fsp3) is 0.863. The van der Waals surface area contributed by atoms with Crippen LogP contribution >= 0.6 is 7.82 Å². The van der Waals surface area contributed by atoms with E-state index in [1.807, 2.05) is 27.2 Å². The maximum Gasteiger partial charge on any atom is 0.268 e. The van der Waals surface area contributed by atoms with E-state index in [0.717, 1.165) is 38.5 Å². The minimum atomic E-state index is -4.59. The Balaban J connectivity index is 4.33. The van der Waals surface area contributed by atoms with Gasteiger partial charge in [0.15, 0.2) is 0 Å². The number of hydrogen-bond donors (Lipinski definition) is 2. The molecule has 0 bridgehead atoms. The molecule has 0 aromatic rings. The molecule has 2 N–H and O–H groups in total. The van der Waals surface area contributed by atoms with Crippen molar-refractivity contribution < 1.29 is 32.9 Å². The highest BCUT2D eigenvalue weighted by atomic mass is 31.2. The summed E-state index contributed by atoms with van der Waals surface area (Å²) in [5.74, 6) is -0.200. The molecule has 3 unspecified atom stereocenters. The lowest BCUT2D eigenvalue weighted by atomic mass is 10.0. The molecule has 354 valence electrons. The number of carbonyl (C=O) groups is 1. The topological polar surface area (TPSA) is 108 Å². The number of rotatable bonds is 46. The lowest BCUT2D eigenvalue weighted by molar-refractivity contribution is -0.870. The highest BCUT2D eigenvalue weighted by Gasteiger charge is 2.23. The van der Waals surface area contributed by atoms with E-state index in [-0.39, 0.29) is 19.1 Å². The number of likely N-dealkylation sites (N-methyl/N-ethyl adjacent to an activating group) is 1. The molecule has 60 heavy (non-hydrogen) atoms. The second-order valence-corrected chi connectivity index (χ2v) is 20.0. The van der Waals surface area contributed by atoms with Crippen molar-refractivity contribution >= 4 is 13.7 Å². The van der Waals surface area contributed by atoms with Gasteiger partial charge in [-0.3, -0.25) is 9.36 Å². The van der Waals surface area contributed by atoms with Gasteiger partial charge in [0.2, 0.25) is 5.91 Å². The van der Waals surface area contributed by atoms with Crippen LogP contribution < -0.4 is 10.2 Å². The molecule has 3 atom stereocenters. The maximum atomic E-state index is 12.9. The van der Waals surface area contributed by atoms with E-state index in [1.165, 1.54) is 173 Å². The van der Waals surface area contributed by atoms with Crippen LogP contribution in [0.2, 0.25) is 0 Å². The van der Waals surface area contributed by atoms with Crippen molar-refractivity contribution in [2.45, 2.75) is 244 Å². The van der Waals surface area contributed by atoms with Gasteiger partial charge in [-0.1, -0.05) is 217 Å². The van der Waals surface area contributed by atoms with Gasteiger partial charge in [-0.2, -0.15) is 0 Å². The molecule has 0 heterocycles. The number of amides is 1. The molecule has 0 fully saturated rings. The van der Waals surface area contributed by atoms with E-state index < -0.39 is 20.0 Å². The monoisotopic (exact) mass is 867 g/mol. The van der Waals surface area contributed by atoms with Crippen LogP contribution in [-0.4, -0.2) is 68.5 Å².